The standard InChI is InChI=1S/C16H24Cl2N2/c1-16(2,20-9-5-3-4-6-10-20)15(19)13-11-12(17)7-8-14(13)18/h7-8,11,15H,3-6,9-10,19H2,1-2H3. The largest absolute Gasteiger partial charge is 0.322 e. The number of nitrogens with two attached hydrogens (primary N) is 1. The van der Waals surface area contributed by atoms with Crippen molar-refractivity contribution in [3.63, 3.8) is 0 Å². The molecule has 1 aromatic rings. The van der Waals surface area contributed by atoms with Gasteiger partial charge in [0, 0.05) is 21.6 Å². The predicted molar refractivity (Wildman–Crippen MR) is 87.5 cm³/mol. The summed E-state index contributed by atoms with van der Waals surface area (Å²) in [6.45, 7) is 6.64. The lowest BCUT2D eigenvalue weighted by atomic mass is 9.87. The average Bonchev–Trinajstić information content (AvgIpc) is 2.70. The lowest BCUT2D eigenvalue weighted by Gasteiger charge is -2.42. The summed E-state index contributed by atoms with van der Waals surface area (Å²) in [5.41, 5.74) is 7.35. The number of hydrogen-bond acceptors (Lipinski definition) is 2. The minimum absolute atomic E-state index is 0.126. The summed E-state index contributed by atoms with van der Waals surface area (Å²) >= 11 is 12.4. The van der Waals surface area contributed by atoms with Gasteiger partial charge in [0.15, 0.2) is 0 Å². The van der Waals surface area contributed by atoms with Crippen molar-refractivity contribution in [2.45, 2.75) is 51.1 Å². The third-order valence-corrected chi connectivity index (χ3v) is 5.05. The van der Waals surface area contributed by atoms with Gasteiger partial charge in [-0.1, -0.05) is 36.0 Å². The summed E-state index contributed by atoms with van der Waals surface area (Å²) in [4.78, 5) is 2.50. The van der Waals surface area contributed by atoms with Crippen molar-refractivity contribution >= 4 is 23.2 Å². The molecule has 0 aliphatic carbocycles. The van der Waals surface area contributed by atoms with E-state index in [4.69, 9.17) is 28.9 Å². The van der Waals surface area contributed by atoms with Gasteiger partial charge in [-0.15, -0.1) is 0 Å². The summed E-state index contributed by atoms with van der Waals surface area (Å²) < 4.78 is 0. The van der Waals surface area contributed by atoms with Crippen LogP contribution in [-0.2, 0) is 0 Å². The van der Waals surface area contributed by atoms with E-state index in [1.807, 2.05) is 12.1 Å². The van der Waals surface area contributed by atoms with E-state index in [1.165, 1.54) is 25.7 Å². The molecule has 1 unspecified atom stereocenters. The molecule has 2 N–H and O–H groups in total. The molecular formula is C16H24Cl2N2. The Labute approximate surface area is 132 Å². The second kappa shape index (κ2) is 6.65. The van der Waals surface area contributed by atoms with Gasteiger partial charge in [-0.25, -0.2) is 0 Å². The van der Waals surface area contributed by atoms with Gasteiger partial charge in [0.2, 0.25) is 0 Å². The van der Waals surface area contributed by atoms with E-state index in [1.54, 1.807) is 6.07 Å². The maximum Gasteiger partial charge on any atom is 0.0492 e. The van der Waals surface area contributed by atoms with Crippen molar-refractivity contribution in [2.24, 2.45) is 5.73 Å². The van der Waals surface area contributed by atoms with Crippen LogP contribution in [0.4, 0.5) is 0 Å². The second-order valence-corrected chi connectivity index (χ2v) is 7.04. The van der Waals surface area contributed by atoms with Crippen LogP contribution in [0, 0.1) is 0 Å². The quantitative estimate of drug-likeness (QED) is 0.880. The van der Waals surface area contributed by atoms with Crippen LogP contribution in [0.5, 0.6) is 0 Å². The zero-order valence-electron chi connectivity index (χ0n) is 12.3. The Morgan fingerprint density at radius 1 is 1.10 bits per heavy atom. The van der Waals surface area contributed by atoms with Gasteiger partial charge in [0.05, 0.1) is 0 Å². The Morgan fingerprint density at radius 3 is 2.30 bits per heavy atom. The summed E-state index contributed by atoms with van der Waals surface area (Å²) in [5.74, 6) is 0. The zero-order chi connectivity index (χ0) is 14.8. The molecule has 1 atom stereocenters. The first kappa shape index (κ1) is 16.1. The summed E-state index contributed by atoms with van der Waals surface area (Å²) in [6, 6.07) is 5.39. The first-order valence-electron chi connectivity index (χ1n) is 7.38. The lowest BCUT2D eigenvalue weighted by Crippen LogP contribution is -2.51. The van der Waals surface area contributed by atoms with Crippen LogP contribution >= 0.6 is 23.2 Å². The minimum atomic E-state index is -0.146. The molecule has 2 nitrogen and oxygen atoms in total. The number of likely N-dealkylation sites (tertiary alicyclic amines) is 1. The fourth-order valence-electron chi connectivity index (χ4n) is 2.98. The second-order valence-electron chi connectivity index (χ2n) is 6.20. The molecule has 4 heteroatoms. The third kappa shape index (κ3) is 3.48. The van der Waals surface area contributed by atoms with Gasteiger partial charge < -0.3 is 5.73 Å². The Balaban J connectivity index is 2.24. The molecule has 1 aliphatic rings. The highest BCUT2D eigenvalue weighted by Gasteiger charge is 2.35. The molecule has 1 aromatic carbocycles. The van der Waals surface area contributed by atoms with Crippen molar-refractivity contribution in [2.75, 3.05) is 13.1 Å². The van der Waals surface area contributed by atoms with Crippen LogP contribution < -0.4 is 5.73 Å². The van der Waals surface area contributed by atoms with Crippen molar-refractivity contribution in [1.82, 2.24) is 4.90 Å². The first-order valence-corrected chi connectivity index (χ1v) is 8.14. The maximum absolute atomic E-state index is 6.54. The minimum Gasteiger partial charge on any atom is -0.322 e. The fraction of sp³-hybridized carbons (Fsp3) is 0.625. The van der Waals surface area contributed by atoms with Gasteiger partial charge in [0.1, 0.15) is 0 Å². The molecular weight excluding hydrogens is 291 g/mol. The van der Waals surface area contributed by atoms with Crippen LogP contribution in [0.25, 0.3) is 0 Å². The molecule has 112 valence electrons. The van der Waals surface area contributed by atoms with Crippen LogP contribution in [0.2, 0.25) is 10.0 Å². The van der Waals surface area contributed by atoms with E-state index in [0.29, 0.717) is 10.0 Å². The highest BCUT2D eigenvalue weighted by Crippen LogP contribution is 2.35. The smallest absolute Gasteiger partial charge is 0.0492 e. The van der Waals surface area contributed by atoms with Crippen LogP contribution in [-0.4, -0.2) is 23.5 Å². The molecule has 0 radical (unpaired) electrons. The van der Waals surface area contributed by atoms with Gasteiger partial charge in [-0.05, 0) is 63.5 Å². The molecule has 2 rings (SSSR count). The third-order valence-electron chi connectivity index (χ3n) is 4.48. The molecule has 0 amide bonds. The lowest BCUT2D eigenvalue weighted by molar-refractivity contribution is 0.0980. The van der Waals surface area contributed by atoms with Crippen LogP contribution in [0.15, 0.2) is 18.2 Å². The van der Waals surface area contributed by atoms with Crippen LogP contribution in [0.1, 0.15) is 51.1 Å². The number of hydrogen-bond donors (Lipinski definition) is 1. The van der Waals surface area contributed by atoms with Gasteiger partial charge in [-0.3, -0.25) is 4.90 Å². The number of nitrogens with zero attached hydrogens (tertiary/aromatic N) is 1. The summed E-state index contributed by atoms with van der Waals surface area (Å²) in [7, 11) is 0. The average molecular weight is 315 g/mol. The van der Waals surface area contributed by atoms with Gasteiger partial charge >= 0.3 is 0 Å². The van der Waals surface area contributed by atoms with Crippen molar-refractivity contribution in [3.8, 4) is 0 Å². The molecule has 0 spiro atoms. The van der Waals surface area contributed by atoms with E-state index in [9.17, 15) is 0 Å². The SMILES string of the molecule is CC(C)(C(N)c1cc(Cl)ccc1Cl)N1CCCCCC1. The molecule has 0 bridgehead atoms. The van der Waals surface area contributed by atoms with Crippen molar-refractivity contribution < 1.29 is 0 Å². The molecule has 0 aromatic heterocycles. The Morgan fingerprint density at radius 2 is 1.70 bits per heavy atom. The van der Waals surface area contributed by atoms with E-state index in [-0.39, 0.29) is 11.6 Å². The zero-order valence-corrected chi connectivity index (χ0v) is 13.8. The summed E-state index contributed by atoms with van der Waals surface area (Å²) in [6.07, 6.45) is 5.14. The molecule has 20 heavy (non-hydrogen) atoms. The summed E-state index contributed by atoms with van der Waals surface area (Å²) in [5, 5.41) is 1.39. The molecule has 1 saturated heterocycles. The van der Waals surface area contributed by atoms with E-state index in [0.717, 1.165) is 18.7 Å². The predicted octanol–water partition coefficient (Wildman–Crippen LogP) is 4.65. The topological polar surface area (TPSA) is 29.3 Å². The van der Waals surface area contributed by atoms with Crippen LogP contribution in [0.3, 0.4) is 0 Å². The normalized spacial score (nSPS) is 19.6. The Hall–Kier alpha value is -0.280. The number of halogens is 2. The van der Waals surface area contributed by atoms with Gasteiger partial charge in [-0.2, -0.15) is 0 Å². The van der Waals surface area contributed by atoms with Crippen molar-refractivity contribution in [3.05, 3.63) is 33.8 Å². The Kier molecular flexibility index (Phi) is 5.36. The van der Waals surface area contributed by atoms with E-state index < -0.39 is 0 Å². The van der Waals surface area contributed by atoms with E-state index >= 15 is 0 Å². The highest BCUT2D eigenvalue weighted by molar-refractivity contribution is 6.33. The highest BCUT2D eigenvalue weighted by atomic mass is 35.5. The van der Waals surface area contributed by atoms with Crippen molar-refractivity contribution in [1.29, 1.82) is 0 Å². The maximum atomic E-state index is 6.54. The number of rotatable bonds is 3. The Bertz CT molecular complexity index is 452. The fourth-order valence-corrected chi connectivity index (χ4v) is 3.39. The molecule has 1 heterocycles. The first-order chi connectivity index (χ1) is 9.43. The molecule has 1 fully saturated rings. The van der Waals surface area contributed by atoms with E-state index in [2.05, 4.69) is 18.7 Å². The molecule has 0 saturated carbocycles. The monoisotopic (exact) mass is 314 g/mol. The van der Waals surface area contributed by atoms with Gasteiger partial charge in [0.25, 0.3) is 0 Å². The molecule has 1 aliphatic heterocycles. The number of benzene rings is 1.